The number of hydrogen-bond acceptors (Lipinski definition) is 2. The Balaban J connectivity index is 1.69. The summed E-state index contributed by atoms with van der Waals surface area (Å²) in [5, 5.41) is 5.50. The van der Waals surface area contributed by atoms with Crippen LogP contribution >= 0.6 is 11.6 Å². The Morgan fingerprint density at radius 2 is 1.52 bits per heavy atom. The van der Waals surface area contributed by atoms with Crippen molar-refractivity contribution in [3.8, 4) is 16.9 Å². The smallest absolute Gasteiger partial charge is 0.101 e. The maximum absolute atomic E-state index is 6.04. The molecule has 0 unspecified atom stereocenters. The quantitative estimate of drug-likeness (QED) is 0.407. The van der Waals surface area contributed by atoms with Crippen LogP contribution in [-0.4, -0.2) is 16.0 Å². The van der Waals surface area contributed by atoms with Gasteiger partial charge >= 0.3 is 0 Å². The number of halogens is 1. The molecule has 1 heterocycles. The van der Waals surface area contributed by atoms with Crippen LogP contribution in [0.5, 0.6) is 0 Å². The number of benzene rings is 3. The fraction of sp³-hybridized carbons (Fsp3) is 0.0435. The first-order chi connectivity index (χ1) is 13.3. The summed E-state index contributed by atoms with van der Waals surface area (Å²) in [5.41, 5.74) is 5.05. The molecule has 132 valence electrons. The van der Waals surface area contributed by atoms with E-state index in [1.165, 1.54) is 5.56 Å². The van der Waals surface area contributed by atoms with Crippen LogP contribution in [0.1, 0.15) is 11.1 Å². The van der Waals surface area contributed by atoms with Crippen molar-refractivity contribution in [1.82, 2.24) is 9.78 Å². The molecule has 3 aromatic carbocycles. The Morgan fingerprint density at radius 3 is 2.22 bits per heavy atom. The summed E-state index contributed by atoms with van der Waals surface area (Å²) >= 11 is 6.04. The van der Waals surface area contributed by atoms with E-state index in [9.17, 15) is 0 Å². The van der Waals surface area contributed by atoms with Gasteiger partial charge in [0, 0.05) is 28.6 Å². The fourth-order valence-corrected chi connectivity index (χ4v) is 2.99. The molecule has 1 aromatic heterocycles. The van der Waals surface area contributed by atoms with Crippen LogP contribution in [0.3, 0.4) is 0 Å². The molecule has 0 aliphatic carbocycles. The number of nitrogens with zero attached hydrogens (tertiary/aromatic N) is 3. The number of para-hydroxylation sites is 1. The van der Waals surface area contributed by atoms with Gasteiger partial charge < -0.3 is 0 Å². The molecule has 4 heteroatoms. The van der Waals surface area contributed by atoms with Gasteiger partial charge in [-0.25, -0.2) is 4.68 Å². The molecule has 0 spiro atoms. The Morgan fingerprint density at radius 1 is 0.852 bits per heavy atom. The lowest BCUT2D eigenvalue weighted by Gasteiger charge is -2.00. The van der Waals surface area contributed by atoms with Gasteiger partial charge in [-0.1, -0.05) is 72.3 Å². The summed E-state index contributed by atoms with van der Waals surface area (Å²) < 4.78 is 1.88. The highest BCUT2D eigenvalue weighted by Crippen LogP contribution is 2.24. The average Bonchev–Trinajstić information content (AvgIpc) is 3.14. The van der Waals surface area contributed by atoms with E-state index in [1.54, 1.807) is 0 Å². The van der Waals surface area contributed by atoms with Crippen LogP contribution in [0, 0.1) is 0 Å². The maximum Gasteiger partial charge on any atom is 0.101 e. The normalized spacial score (nSPS) is 11.1. The van der Waals surface area contributed by atoms with E-state index in [1.807, 2.05) is 89.9 Å². The van der Waals surface area contributed by atoms with Crippen molar-refractivity contribution >= 4 is 17.8 Å². The highest BCUT2D eigenvalue weighted by molar-refractivity contribution is 6.30. The minimum atomic E-state index is 0.636. The van der Waals surface area contributed by atoms with E-state index in [0.717, 1.165) is 22.5 Å². The van der Waals surface area contributed by atoms with E-state index in [4.69, 9.17) is 16.7 Å². The highest BCUT2D eigenvalue weighted by Gasteiger charge is 2.11. The first kappa shape index (κ1) is 17.3. The zero-order chi connectivity index (χ0) is 18.5. The predicted molar refractivity (Wildman–Crippen MR) is 112 cm³/mol. The standard InChI is InChI=1S/C23H18ClN3/c24-21-13-11-19(12-14-21)23-20(16-25-15-18-7-3-1-4-8-18)17-27(26-23)22-9-5-2-6-10-22/h1-14,16-17H,15H2. The summed E-state index contributed by atoms with van der Waals surface area (Å²) in [6, 6.07) is 28.0. The predicted octanol–water partition coefficient (Wildman–Crippen LogP) is 5.81. The maximum atomic E-state index is 6.04. The van der Waals surface area contributed by atoms with Crippen LogP contribution in [0.15, 0.2) is 96.1 Å². The second-order valence-electron chi connectivity index (χ2n) is 6.18. The largest absolute Gasteiger partial charge is 0.288 e. The first-order valence-corrected chi connectivity index (χ1v) is 9.12. The van der Waals surface area contributed by atoms with Gasteiger partial charge in [0.15, 0.2) is 0 Å². The van der Waals surface area contributed by atoms with Crippen LogP contribution < -0.4 is 0 Å². The van der Waals surface area contributed by atoms with Crippen molar-refractivity contribution in [2.45, 2.75) is 6.54 Å². The topological polar surface area (TPSA) is 30.2 Å². The Kier molecular flexibility index (Phi) is 5.13. The van der Waals surface area contributed by atoms with Gasteiger partial charge in [0.25, 0.3) is 0 Å². The molecule has 0 fully saturated rings. The summed E-state index contributed by atoms with van der Waals surface area (Å²) in [7, 11) is 0. The molecule has 0 atom stereocenters. The fourth-order valence-electron chi connectivity index (χ4n) is 2.86. The molecule has 0 saturated carbocycles. The number of rotatable bonds is 5. The minimum absolute atomic E-state index is 0.636. The second-order valence-corrected chi connectivity index (χ2v) is 6.61. The SMILES string of the molecule is Clc1ccc(-c2nn(-c3ccccc3)cc2C=NCc2ccccc2)cc1. The average molecular weight is 372 g/mol. The number of hydrogen-bond donors (Lipinski definition) is 0. The van der Waals surface area contributed by atoms with Crippen molar-refractivity contribution in [1.29, 1.82) is 0 Å². The zero-order valence-electron chi connectivity index (χ0n) is 14.7. The molecule has 4 rings (SSSR count). The summed E-state index contributed by atoms with van der Waals surface area (Å²) in [4.78, 5) is 4.62. The van der Waals surface area contributed by atoms with Gasteiger partial charge in [-0.2, -0.15) is 5.10 Å². The van der Waals surface area contributed by atoms with E-state index in [0.29, 0.717) is 11.6 Å². The van der Waals surface area contributed by atoms with Crippen molar-refractivity contribution in [3.05, 3.63) is 107 Å². The summed E-state index contributed by atoms with van der Waals surface area (Å²) in [6.07, 6.45) is 3.90. The number of aromatic nitrogens is 2. The van der Waals surface area contributed by atoms with E-state index in [-0.39, 0.29) is 0 Å². The van der Waals surface area contributed by atoms with Crippen molar-refractivity contribution in [2.75, 3.05) is 0 Å². The Bertz CT molecular complexity index is 1040. The Labute approximate surface area is 163 Å². The molecule has 0 aliphatic rings. The second kappa shape index (κ2) is 8.02. The molecule has 3 nitrogen and oxygen atoms in total. The minimum Gasteiger partial charge on any atom is -0.288 e. The molecule has 0 amide bonds. The van der Waals surface area contributed by atoms with Crippen molar-refractivity contribution < 1.29 is 0 Å². The van der Waals surface area contributed by atoms with Crippen LogP contribution in [0.4, 0.5) is 0 Å². The van der Waals surface area contributed by atoms with Gasteiger partial charge in [0.1, 0.15) is 5.69 Å². The summed E-state index contributed by atoms with van der Waals surface area (Å²) in [5.74, 6) is 0. The zero-order valence-corrected chi connectivity index (χ0v) is 15.4. The molecule has 27 heavy (non-hydrogen) atoms. The lowest BCUT2D eigenvalue weighted by molar-refractivity contribution is 0.884. The third-order valence-electron chi connectivity index (χ3n) is 4.23. The number of aliphatic imine (C=N–C) groups is 1. The molecule has 4 aromatic rings. The lowest BCUT2D eigenvalue weighted by atomic mass is 10.1. The lowest BCUT2D eigenvalue weighted by Crippen LogP contribution is -1.93. The van der Waals surface area contributed by atoms with Gasteiger partial charge in [-0.3, -0.25) is 4.99 Å². The third kappa shape index (κ3) is 4.15. The van der Waals surface area contributed by atoms with Gasteiger partial charge in [0.05, 0.1) is 12.2 Å². The van der Waals surface area contributed by atoms with Crippen LogP contribution in [-0.2, 0) is 6.54 Å². The van der Waals surface area contributed by atoms with E-state index < -0.39 is 0 Å². The van der Waals surface area contributed by atoms with Crippen molar-refractivity contribution in [2.24, 2.45) is 4.99 Å². The van der Waals surface area contributed by atoms with Gasteiger partial charge in [0.2, 0.25) is 0 Å². The van der Waals surface area contributed by atoms with Crippen LogP contribution in [0.25, 0.3) is 16.9 Å². The third-order valence-corrected chi connectivity index (χ3v) is 4.48. The van der Waals surface area contributed by atoms with Crippen molar-refractivity contribution in [3.63, 3.8) is 0 Å². The van der Waals surface area contributed by atoms with Crippen LogP contribution in [0.2, 0.25) is 5.02 Å². The molecule has 0 bridgehead atoms. The summed E-state index contributed by atoms with van der Waals surface area (Å²) in [6.45, 7) is 0.636. The molecule has 0 saturated heterocycles. The van der Waals surface area contributed by atoms with Gasteiger partial charge in [-0.05, 0) is 29.8 Å². The highest BCUT2D eigenvalue weighted by atomic mass is 35.5. The molecular weight excluding hydrogens is 354 g/mol. The Hall–Kier alpha value is -3.17. The molecule has 0 aliphatic heterocycles. The van der Waals surface area contributed by atoms with E-state index >= 15 is 0 Å². The molecular formula is C23H18ClN3. The van der Waals surface area contributed by atoms with Gasteiger partial charge in [-0.15, -0.1) is 0 Å². The molecule has 0 N–H and O–H groups in total. The monoisotopic (exact) mass is 371 g/mol. The first-order valence-electron chi connectivity index (χ1n) is 8.74. The molecule has 0 radical (unpaired) electrons. The van der Waals surface area contributed by atoms with E-state index in [2.05, 4.69) is 17.1 Å².